The van der Waals surface area contributed by atoms with Crippen molar-refractivity contribution in [1.29, 1.82) is 0 Å². The molecule has 0 bridgehead atoms. The van der Waals surface area contributed by atoms with Crippen molar-refractivity contribution < 1.29 is 0 Å². The smallest absolute Gasteiger partial charge is 0.0949 e. The standard InChI is InChI=1S/C11H19N3.2C2H6/c1-10-6-14(9-12-10)8-11-4-3-5-13(2)7-11;2*1-2/h6,9,11H,3-5,7-8H2,1-2H3;2*1-2H3. The Balaban J connectivity index is 0.000000659. The summed E-state index contributed by atoms with van der Waals surface area (Å²) in [5, 5.41) is 0. The van der Waals surface area contributed by atoms with Gasteiger partial charge in [0.2, 0.25) is 0 Å². The van der Waals surface area contributed by atoms with E-state index < -0.39 is 0 Å². The van der Waals surface area contributed by atoms with Gasteiger partial charge in [0.1, 0.15) is 0 Å². The van der Waals surface area contributed by atoms with Crippen LogP contribution in [0.15, 0.2) is 12.5 Å². The van der Waals surface area contributed by atoms with Crippen molar-refractivity contribution in [3.63, 3.8) is 0 Å². The molecular formula is C15H31N3. The third-order valence-electron chi connectivity index (χ3n) is 2.95. The Labute approximate surface area is 113 Å². The molecule has 0 spiro atoms. The van der Waals surface area contributed by atoms with Gasteiger partial charge < -0.3 is 9.47 Å². The third kappa shape index (κ3) is 6.20. The van der Waals surface area contributed by atoms with Crippen molar-refractivity contribution in [2.24, 2.45) is 5.92 Å². The van der Waals surface area contributed by atoms with Gasteiger partial charge in [-0.3, -0.25) is 0 Å². The Morgan fingerprint density at radius 2 is 1.94 bits per heavy atom. The molecule has 1 atom stereocenters. The van der Waals surface area contributed by atoms with Gasteiger partial charge in [-0.25, -0.2) is 4.98 Å². The summed E-state index contributed by atoms with van der Waals surface area (Å²) in [6, 6.07) is 0. The topological polar surface area (TPSA) is 21.1 Å². The first-order chi connectivity index (χ1) is 8.74. The van der Waals surface area contributed by atoms with E-state index in [1.54, 1.807) is 0 Å². The van der Waals surface area contributed by atoms with Crippen LogP contribution in [0.4, 0.5) is 0 Å². The molecule has 1 unspecified atom stereocenters. The molecular weight excluding hydrogens is 222 g/mol. The fraction of sp³-hybridized carbons (Fsp3) is 0.800. The van der Waals surface area contributed by atoms with E-state index in [2.05, 4.69) is 27.7 Å². The summed E-state index contributed by atoms with van der Waals surface area (Å²) in [4.78, 5) is 6.68. The van der Waals surface area contributed by atoms with Crippen molar-refractivity contribution in [1.82, 2.24) is 14.5 Å². The summed E-state index contributed by atoms with van der Waals surface area (Å²) in [6.45, 7) is 13.7. The number of likely N-dealkylation sites (tertiary alicyclic amines) is 1. The normalized spacial score (nSPS) is 19.3. The summed E-state index contributed by atoms with van der Waals surface area (Å²) in [5.74, 6) is 0.808. The molecule has 0 amide bonds. The van der Waals surface area contributed by atoms with Crippen molar-refractivity contribution in [2.45, 2.75) is 54.0 Å². The van der Waals surface area contributed by atoms with Gasteiger partial charge in [-0.15, -0.1) is 0 Å². The first-order valence-corrected chi connectivity index (χ1v) is 7.41. The monoisotopic (exact) mass is 253 g/mol. The van der Waals surface area contributed by atoms with Crippen LogP contribution in [0.3, 0.4) is 0 Å². The molecule has 1 fully saturated rings. The minimum absolute atomic E-state index is 0.808. The second kappa shape index (κ2) is 10.1. The van der Waals surface area contributed by atoms with Crippen molar-refractivity contribution >= 4 is 0 Å². The zero-order chi connectivity index (χ0) is 14.0. The molecule has 1 aliphatic rings. The minimum Gasteiger partial charge on any atom is -0.337 e. The van der Waals surface area contributed by atoms with Crippen LogP contribution in [0, 0.1) is 12.8 Å². The Hall–Kier alpha value is -0.830. The lowest BCUT2D eigenvalue weighted by atomic mass is 9.98. The summed E-state index contributed by atoms with van der Waals surface area (Å²) in [7, 11) is 2.21. The van der Waals surface area contributed by atoms with E-state index >= 15 is 0 Å². The van der Waals surface area contributed by atoms with E-state index in [0.717, 1.165) is 18.2 Å². The molecule has 3 heteroatoms. The quantitative estimate of drug-likeness (QED) is 0.803. The molecule has 0 aliphatic carbocycles. The number of rotatable bonds is 2. The molecule has 2 rings (SSSR count). The lowest BCUT2D eigenvalue weighted by Gasteiger charge is -2.29. The van der Waals surface area contributed by atoms with Crippen molar-refractivity contribution in [3.8, 4) is 0 Å². The molecule has 2 heterocycles. The maximum Gasteiger partial charge on any atom is 0.0949 e. The highest BCUT2D eigenvalue weighted by molar-refractivity contribution is 4.92. The molecule has 18 heavy (non-hydrogen) atoms. The Morgan fingerprint density at radius 1 is 1.28 bits per heavy atom. The number of hydrogen-bond donors (Lipinski definition) is 0. The molecule has 0 radical (unpaired) electrons. The van der Waals surface area contributed by atoms with Crippen LogP contribution in [0.1, 0.15) is 46.2 Å². The minimum atomic E-state index is 0.808. The van der Waals surface area contributed by atoms with Crippen molar-refractivity contribution in [3.05, 3.63) is 18.2 Å². The molecule has 1 saturated heterocycles. The summed E-state index contributed by atoms with van der Waals surface area (Å²) < 4.78 is 2.22. The van der Waals surface area contributed by atoms with Crippen LogP contribution in [0.2, 0.25) is 0 Å². The molecule has 0 saturated carbocycles. The lowest BCUT2D eigenvalue weighted by molar-refractivity contribution is 0.194. The van der Waals surface area contributed by atoms with E-state index in [4.69, 9.17) is 0 Å². The van der Waals surface area contributed by atoms with E-state index in [0.29, 0.717) is 0 Å². The highest BCUT2D eigenvalue weighted by Crippen LogP contribution is 2.16. The fourth-order valence-corrected chi connectivity index (χ4v) is 2.29. The van der Waals surface area contributed by atoms with Gasteiger partial charge in [0.25, 0.3) is 0 Å². The Morgan fingerprint density at radius 3 is 2.44 bits per heavy atom. The predicted octanol–water partition coefficient (Wildman–Crippen LogP) is 3.59. The van der Waals surface area contributed by atoms with Crippen LogP contribution < -0.4 is 0 Å². The van der Waals surface area contributed by atoms with E-state index in [1.165, 1.54) is 25.9 Å². The average molecular weight is 253 g/mol. The molecule has 1 aliphatic heterocycles. The molecule has 106 valence electrons. The highest BCUT2D eigenvalue weighted by atomic mass is 15.1. The molecule has 0 aromatic carbocycles. The second-order valence-electron chi connectivity index (χ2n) is 4.48. The third-order valence-corrected chi connectivity index (χ3v) is 2.95. The van der Waals surface area contributed by atoms with Gasteiger partial charge in [-0.05, 0) is 39.3 Å². The zero-order valence-corrected chi connectivity index (χ0v) is 13.1. The molecule has 3 nitrogen and oxygen atoms in total. The highest BCUT2D eigenvalue weighted by Gasteiger charge is 2.17. The lowest BCUT2D eigenvalue weighted by Crippen LogP contribution is -2.33. The predicted molar refractivity (Wildman–Crippen MR) is 79.9 cm³/mol. The average Bonchev–Trinajstić information content (AvgIpc) is 2.80. The van der Waals surface area contributed by atoms with Gasteiger partial charge in [-0.1, -0.05) is 27.7 Å². The summed E-state index contributed by atoms with van der Waals surface area (Å²) in [5.41, 5.74) is 1.12. The summed E-state index contributed by atoms with van der Waals surface area (Å²) in [6.07, 6.45) is 6.79. The first-order valence-electron chi connectivity index (χ1n) is 7.41. The van der Waals surface area contributed by atoms with Gasteiger partial charge in [0.15, 0.2) is 0 Å². The van der Waals surface area contributed by atoms with Crippen LogP contribution in [-0.4, -0.2) is 34.6 Å². The van der Waals surface area contributed by atoms with Crippen LogP contribution in [0.5, 0.6) is 0 Å². The molecule has 1 aromatic rings. The summed E-state index contributed by atoms with van der Waals surface area (Å²) >= 11 is 0. The number of nitrogens with zero attached hydrogens (tertiary/aromatic N) is 3. The molecule has 1 aromatic heterocycles. The number of aryl methyl sites for hydroxylation is 1. The van der Waals surface area contributed by atoms with Crippen molar-refractivity contribution in [2.75, 3.05) is 20.1 Å². The van der Waals surface area contributed by atoms with Gasteiger partial charge in [0.05, 0.1) is 12.0 Å². The van der Waals surface area contributed by atoms with E-state index in [-0.39, 0.29) is 0 Å². The number of imidazole rings is 1. The van der Waals surface area contributed by atoms with Crippen LogP contribution in [-0.2, 0) is 6.54 Å². The molecule has 0 N–H and O–H groups in total. The van der Waals surface area contributed by atoms with Crippen LogP contribution in [0.25, 0.3) is 0 Å². The SMILES string of the molecule is CC.CC.Cc1cn(CC2CCCN(C)C2)cn1. The number of piperidine rings is 1. The van der Waals surface area contributed by atoms with E-state index in [9.17, 15) is 0 Å². The zero-order valence-electron chi connectivity index (χ0n) is 13.1. The maximum atomic E-state index is 4.25. The second-order valence-corrected chi connectivity index (χ2v) is 4.48. The first kappa shape index (κ1) is 17.2. The largest absolute Gasteiger partial charge is 0.337 e. The van der Waals surface area contributed by atoms with Crippen LogP contribution >= 0.6 is 0 Å². The van der Waals surface area contributed by atoms with Gasteiger partial charge in [0, 0.05) is 19.3 Å². The van der Waals surface area contributed by atoms with E-state index in [1.807, 2.05) is 40.9 Å². The maximum absolute atomic E-state index is 4.25. The Bertz CT molecular complexity index is 294. The van der Waals surface area contributed by atoms with Gasteiger partial charge >= 0.3 is 0 Å². The van der Waals surface area contributed by atoms with Gasteiger partial charge in [-0.2, -0.15) is 0 Å². The fourth-order valence-electron chi connectivity index (χ4n) is 2.29. The number of hydrogen-bond acceptors (Lipinski definition) is 2. The Kier molecular flexibility index (Phi) is 9.66. The number of aromatic nitrogens is 2.